The fourth-order valence-corrected chi connectivity index (χ4v) is 2.38. The molecule has 7 nitrogen and oxygen atoms in total. The lowest BCUT2D eigenvalue weighted by molar-refractivity contribution is 0.587. The molecule has 0 fully saturated rings. The Morgan fingerprint density at radius 1 is 1.50 bits per heavy atom. The molecule has 106 valence electrons. The maximum atomic E-state index is 12.0. The van der Waals surface area contributed by atoms with Crippen molar-refractivity contribution >= 4 is 27.1 Å². The van der Waals surface area contributed by atoms with Crippen LogP contribution in [0.2, 0.25) is 0 Å². The molecule has 8 heteroatoms. The first kappa shape index (κ1) is 15.7. The molecule has 0 spiro atoms. The van der Waals surface area contributed by atoms with Gasteiger partial charge in [-0.25, -0.2) is 8.42 Å². The molecule has 4 N–H and O–H groups in total. The SMILES string of the molecule is CC(C)S(=O)(=O)c1cccc(N/N=C(\C#N)C(=N)N)c1. The zero-order valence-electron chi connectivity index (χ0n) is 11.1. The Labute approximate surface area is 117 Å². The molecule has 0 bridgehead atoms. The summed E-state index contributed by atoms with van der Waals surface area (Å²) in [5.41, 5.74) is 7.77. The van der Waals surface area contributed by atoms with Gasteiger partial charge in [-0.3, -0.25) is 10.8 Å². The highest BCUT2D eigenvalue weighted by atomic mass is 32.2. The molecule has 1 rings (SSSR count). The van der Waals surface area contributed by atoms with Gasteiger partial charge in [0.05, 0.1) is 15.8 Å². The standard InChI is InChI=1S/C12H15N5O2S/c1-8(2)20(18,19)10-5-3-4-9(6-10)16-17-11(7-13)12(14)15/h3-6,8,16H,1-2H3,(H3,14,15)/b17-11+. The van der Waals surface area contributed by atoms with Crippen molar-refractivity contribution in [3.05, 3.63) is 24.3 Å². The third-order valence-corrected chi connectivity index (χ3v) is 4.59. The highest BCUT2D eigenvalue weighted by Gasteiger charge is 2.19. The molecule has 0 aliphatic rings. The summed E-state index contributed by atoms with van der Waals surface area (Å²) < 4.78 is 24.0. The van der Waals surface area contributed by atoms with E-state index in [1.807, 2.05) is 0 Å². The van der Waals surface area contributed by atoms with Crippen molar-refractivity contribution in [2.75, 3.05) is 5.43 Å². The second kappa shape index (κ2) is 6.16. The van der Waals surface area contributed by atoms with E-state index < -0.39 is 20.9 Å². The third kappa shape index (κ3) is 3.55. The molecule has 0 heterocycles. The van der Waals surface area contributed by atoms with Gasteiger partial charge >= 0.3 is 0 Å². The van der Waals surface area contributed by atoms with Crippen molar-refractivity contribution in [3.63, 3.8) is 0 Å². The average Bonchev–Trinajstić information content (AvgIpc) is 2.39. The fraction of sp³-hybridized carbons (Fsp3) is 0.250. The number of amidine groups is 1. The predicted molar refractivity (Wildman–Crippen MR) is 77.3 cm³/mol. The first-order valence-electron chi connectivity index (χ1n) is 5.71. The molecule has 0 amide bonds. The van der Waals surface area contributed by atoms with E-state index in [0.29, 0.717) is 5.69 Å². The number of hydrogen-bond acceptors (Lipinski definition) is 6. The van der Waals surface area contributed by atoms with Crippen molar-refractivity contribution in [3.8, 4) is 6.07 Å². The number of benzene rings is 1. The van der Waals surface area contributed by atoms with E-state index in [-0.39, 0.29) is 10.6 Å². The van der Waals surface area contributed by atoms with Gasteiger partial charge < -0.3 is 5.73 Å². The quantitative estimate of drug-likeness (QED) is 0.425. The maximum Gasteiger partial charge on any atom is 0.201 e. The number of nitriles is 1. The summed E-state index contributed by atoms with van der Waals surface area (Å²) in [6.07, 6.45) is 0. The first-order valence-corrected chi connectivity index (χ1v) is 7.26. The van der Waals surface area contributed by atoms with E-state index in [9.17, 15) is 8.42 Å². The van der Waals surface area contributed by atoms with E-state index in [4.69, 9.17) is 16.4 Å². The fourth-order valence-electron chi connectivity index (χ4n) is 1.28. The van der Waals surface area contributed by atoms with Crippen LogP contribution in [0.15, 0.2) is 34.3 Å². The van der Waals surface area contributed by atoms with Crippen LogP contribution in [-0.2, 0) is 9.84 Å². The normalized spacial score (nSPS) is 12.0. The number of hydrazone groups is 1. The van der Waals surface area contributed by atoms with Gasteiger partial charge in [0.15, 0.2) is 15.7 Å². The van der Waals surface area contributed by atoms with Gasteiger partial charge in [-0.2, -0.15) is 10.4 Å². The van der Waals surface area contributed by atoms with Crippen LogP contribution in [0, 0.1) is 16.7 Å². The van der Waals surface area contributed by atoms with Crippen LogP contribution in [0.25, 0.3) is 0 Å². The molecule has 0 unspecified atom stereocenters. The van der Waals surface area contributed by atoms with Gasteiger partial charge in [0, 0.05) is 0 Å². The molecule has 0 saturated heterocycles. The number of hydrogen-bond donors (Lipinski definition) is 3. The van der Waals surface area contributed by atoms with Crippen molar-refractivity contribution in [2.24, 2.45) is 10.8 Å². The maximum absolute atomic E-state index is 12.0. The number of nitrogens with zero attached hydrogens (tertiary/aromatic N) is 2. The average molecular weight is 293 g/mol. The van der Waals surface area contributed by atoms with Gasteiger partial charge in [0.2, 0.25) is 5.71 Å². The summed E-state index contributed by atoms with van der Waals surface area (Å²) in [6.45, 7) is 3.19. The summed E-state index contributed by atoms with van der Waals surface area (Å²) in [5, 5.41) is 18.9. The molecule has 0 atom stereocenters. The molecule has 0 radical (unpaired) electrons. The molecular weight excluding hydrogens is 278 g/mol. The van der Waals surface area contributed by atoms with E-state index >= 15 is 0 Å². The minimum Gasteiger partial charge on any atom is -0.382 e. The Morgan fingerprint density at radius 3 is 2.65 bits per heavy atom. The number of nitrogens with one attached hydrogen (secondary N) is 2. The Hall–Kier alpha value is -2.40. The van der Waals surface area contributed by atoms with Gasteiger partial charge in [-0.05, 0) is 32.0 Å². The van der Waals surface area contributed by atoms with Crippen LogP contribution in [0.3, 0.4) is 0 Å². The number of rotatable bonds is 5. The summed E-state index contributed by atoms with van der Waals surface area (Å²) in [4.78, 5) is 0.161. The minimum atomic E-state index is -3.38. The van der Waals surface area contributed by atoms with E-state index in [1.165, 1.54) is 12.1 Å². The third-order valence-electron chi connectivity index (χ3n) is 2.44. The number of anilines is 1. The first-order chi connectivity index (χ1) is 9.28. The smallest absolute Gasteiger partial charge is 0.201 e. The van der Waals surface area contributed by atoms with Crippen LogP contribution >= 0.6 is 0 Å². The predicted octanol–water partition coefficient (Wildman–Crippen LogP) is 1.10. The minimum absolute atomic E-state index is 0.161. The highest BCUT2D eigenvalue weighted by molar-refractivity contribution is 7.92. The topological polar surface area (TPSA) is 132 Å². The van der Waals surface area contributed by atoms with E-state index in [2.05, 4.69) is 10.5 Å². The van der Waals surface area contributed by atoms with Crippen LogP contribution in [0.5, 0.6) is 0 Å². The molecule has 0 aliphatic carbocycles. The number of sulfone groups is 1. The molecule has 0 aromatic heterocycles. The van der Waals surface area contributed by atoms with Gasteiger partial charge in [-0.15, -0.1) is 0 Å². The summed E-state index contributed by atoms with van der Waals surface area (Å²) in [7, 11) is -3.38. The zero-order valence-corrected chi connectivity index (χ0v) is 11.9. The molecule has 1 aromatic rings. The molecule has 0 saturated carbocycles. The van der Waals surface area contributed by atoms with Crippen molar-refractivity contribution in [1.29, 1.82) is 10.7 Å². The van der Waals surface area contributed by atoms with Crippen LogP contribution in [0.4, 0.5) is 5.69 Å². The van der Waals surface area contributed by atoms with Crippen molar-refractivity contribution in [1.82, 2.24) is 0 Å². The highest BCUT2D eigenvalue weighted by Crippen LogP contribution is 2.19. The molecule has 0 aliphatic heterocycles. The summed E-state index contributed by atoms with van der Waals surface area (Å²) in [5.74, 6) is -0.467. The van der Waals surface area contributed by atoms with Crippen LogP contribution in [-0.4, -0.2) is 25.2 Å². The Balaban J connectivity index is 3.08. The molecular formula is C12H15N5O2S. The second-order valence-electron chi connectivity index (χ2n) is 4.22. The Bertz CT molecular complexity index is 686. The summed E-state index contributed by atoms with van der Waals surface area (Å²) in [6, 6.07) is 7.71. The van der Waals surface area contributed by atoms with E-state index in [1.54, 1.807) is 32.0 Å². The van der Waals surface area contributed by atoms with Crippen LogP contribution < -0.4 is 11.2 Å². The number of nitrogens with two attached hydrogens (primary N) is 1. The lowest BCUT2D eigenvalue weighted by atomic mass is 10.3. The zero-order chi connectivity index (χ0) is 15.3. The van der Waals surface area contributed by atoms with Crippen LogP contribution in [0.1, 0.15) is 13.8 Å². The molecule has 1 aromatic carbocycles. The Kier molecular flexibility index (Phi) is 4.83. The van der Waals surface area contributed by atoms with Crippen molar-refractivity contribution in [2.45, 2.75) is 24.0 Å². The largest absolute Gasteiger partial charge is 0.382 e. The van der Waals surface area contributed by atoms with Gasteiger partial charge in [0.1, 0.15) is 6.07 Å². The monoisotopic (exact) mass is 293 g/mol. The van der Waals surface area contributed by atoms with Crippen molar-refractivity contribution < 1.29 is 8.42 Å². The summed E-state index contributed by atoms with van der Waals surface area (Å²) >= 11 is 0. The Morgan fingerprint density at radius 2 is 2.15 bits per heavy atom. The van der Waals surface area contributed by atoms with Gasteiger partial charge in [-0.1, -0.05) is 6.07 Å². The second-order valence-corrected chi connectivity index (χ2v) is 6.72. The molecule has 20 heavy (non-hydrogen) atoms. The van der Waals surface area contributed by atoms with Gasteiger partial charge in [0.25, 0.3) is 0 Å². The lowest BCUT2D eigenvalue weighted by Gasteiger charge is -2.09. The van der Waals surface area contributed by atoms with E-state index in [0.717, 1.165) is 0 Å². The lowest BCUT2D eigenvalue weighted by Crippen LogP contribution is -2.21.